The van der Waals surface area contributed by atoms with Crippen molar-refractivity contribution in [2.24, 2.45) is 0 Å². The molecule has 3 aromatic carbocycles. The Balaban J connectivity index is 1.22. The first kappa shape index (κ1) is 32.9. The van der Waals surface area contributed by atoms with Gasteiger partial charge in [0.2, 0.25) is 6.29 Å². The van der Waals surface area contributed by atoms with E-state index in [1.54, 1.807) is 23.9 Å². The van der Waals surface area contributed by atoms with Crippen LogP contribution in [-0.2, 0) is 27.4 Å². The highest BCUT2D eigenvalue weighted by Crippen LogP contribution is 2.33. The van der Waals surface area contributed by atoms with Gasteiger partial charge in [-0.1, -0.05) is 86.1 Å². The van der Waals surface area contributed by atoms with Crippen LogP contribution < -0.4 is 4.74 Å². The van der Waals surface area contributed by atoms with Gasteiger partial charge in [0.05, 0.1) is 10.6 Å². The molecule has 1 saturated carbocycles. The third kappa shape index (κ3) is 10.1. The average molecular weight is 614 g/mol. The van der Waals surface area contributed by atoms with Gasteiger partial charge in [0.25, 0.3) is 0 Å². The maximum absolute atomic E-state index is 12.3. The van der Waals surface area contributed by atoms with E-state index in [9.17, 15) is 9.59 Å². The normalized spacial score (nSPS) is 14.4. The topological polar surface area (TPSA) is 65.1 Å². The van der Waals surface area contributed by atoms with Crippen molar-refractivity contribution in [3.63, 3.8) is 0 Å². The van der Waals surface area contributed by atoms with Crippen molar-refractivity contribution >= 4 is 29.3 Å². The summed E-state index contributed by atoms with van der Waals surface area (Å²) in [5.74, 6) is 0.531. The Bertz CT molecular complexity index is 1420. The highest BCUT2D eigenvalue weighted by Gasteiger charge is 2.16. The number of ether oxygens (including phenoxy) is 3. The van der Waals surface area contributed by atoms with Gasteiger partial charge in [0.15, 0.2) is 0 Å². The van der Waals surface area contributed by atoms with Crippen molar-refractivity contribution in [3.05, 3.63) is 118 Å². The Morgan fingerprint density at radius 3 is 2.14 bits per heavy atom. The lowest BCUT2D eigenvalue weighted by Crippen LogP contribution is -2.20. The molecule has 1 aliphatic rings. The minimum absolute atomic E-state index is 0.391. The molecule has 0 amide bonds. The second-order valence-corrected chi connectivity index (χ2v) is 12.3. The van der Waals surface area contributed by atoms with Crippen LogP contribution in [0, 0.1) is 0 Å². The van der Waals surface area contributed by atoms with Crippen molar-refractivity contribution in [1.29, 1.82) is 0 Å². The van der Waals surface area contributed by atoms with E-state index in [1.807, 2.05) is 31.3 Å². The summed E-state index contributed by atoms with van der Waals surface area (Å²) in [5, 5.41) is 3.00. The van der Waals surface area contributed by atoms with E-state index >= 15 is 0 Å². The molecule has 0 radical (unpaired) electrons. The molecule has 44 heavy (non-hydrogen) atoms. The summed E-state index contributed by atoms with van der Waals surface area (Å²) in [6, 6.07) is 24.3. The second kappa shape index (κ2) is 16.2. The molecule has 1 unspecified atom stereocenters. The molecule has 7 heteroatoms. The highest BCUT2D eigenvalue weighted by atomic mass is 32.2. The SMILES string of the molecule is C=C(S/C=C(\C)c1ccc(OCc2ccc(C3CCCCC3)cc2)cc1)N(C)Cc1ccc(C(=O)OC(C)OC(C)=O)cc1. The van der Waals surface area contributed by atoms with E-state index in [0.717, 1.165) is 33.4 Å². The first-order valence-corrected chi connectivity index (χ1v) is 16.1. The van der Waals surface area contributed by atoms with Gasteiger partial charge in [0.1, 0.15) is 12.4 Å². The number of thioether (sulfide) groups is 1. The Morgan fingerprint density at radius 1 is 0.886 bits per heavy atom. The van der Waals surface area contributed by atoms with Crippen LogP contribution in [0.2, 0.25) is 0 Å². The zero-order chi connectivity index (χ0) is 31.5. The maximum atomic E-state index is 12.3. The number of benzene rings is 3. The van der Waals surface area contributed by atoms with Crippen LogP contribution in [0.25, 0.3) is 5.57 Å². The molecule has 0 bridgehead atoms. The molecule has 232 valence electrons. The molecule has 6 nitrogen and oxygen atoms in total. The molecule has 4 rings (SSSR count). The van der Waals surface area contributed by atoms with Crippen molar-refractivity contribution in [2.75, 3.05) is 7.05 Å². The predicted octanol–water partition coefficient (Wildman–Crippen LogP) is 9.08. The summed E-state index contributed by atoms with van der Waals surface area (Å²) in [6.07, 6.45) is 5.78. The van der Waals surface area contributed by atoms with Crippen molar-refractivity contribution in [3.8, 4) is 5.75 Å². The van der Waals surface area contributed by atoms with Gasteiger partial charge in [-0.15, -0.1) is 0 Å². The van der Waals surface area contributed by atoms with Crippen molar-refractivity contribution in [1.82, 2.24) is 4.90 Å². The van der Waals surface area contributed by atoms with Crippen LogP contribution in [0.1, 0.15) is 91.4 Å². The van der Waals surface area contributed by atoms with Gasteiger partial charge in [-0.2, -0.15) is 0 Å². The van der Waals surface area contributed by atoms with Crippen LogP contribution in [0.5, 0.6) is 5.75 Å². The number of carbonyl (C=O) groups excluding carboxylic acids is 2. The first-order chi connectivity index (χ1) is 21.2. The standard InChI is InChI=1S/C37H43NO5S/c1-26(25-44-27(2)38(5)23-30-11-17-35(18-12-30)37(40)43-29(4)42-28(3)39)32-19-21-36(22-20-32)41-24-31-13-15-34(16-14-31)33-9-7-6-8-10-33/h11-22,25,29,33H,2,6-10,23-24H2,1,3-5H3/b26-25+. The van der Waals surface area contributed by atoms with Gasteiger partial charge in [0, 0.05) is 27.4 Å². The lowest BCUT2D eigenvalue weighted by Gasteiger charge is -2.22. The maximum Gasteiger partial charge on any atom is 0.341 e. The molecular formula is C37H43NO5S. The lowest BCUT2D eigenvalue weighted by molar-refractivity contribution is -0.162. The molecule has 0 N–H and O–H groups in total. The number of esters is 2. The van der Waals surface area contributed by atoms with E-state index < -0.39 is 18.2 Å². The summed E-state index contributed by atoms with van der Waals surface area (Å²) in [4.78, 5) is 25.3. The number of hydrogen-bond acceptors (Lipinski definition) is 7. The van der Waals surface area contributed by atoms with Crippen molar-refractivity contribution < 1.29 is 23.8 Å². The summed E-state index contributed by atoms with van der Waals surface area (Å²) in [5.41, 5.74) is 6.34. The number of rotatable bonds is 13. The molecular weight excluding hydrogens is 570 g/mol. The Labute approximate surface area is 266 Å². The van der Waals surface area contributed by atoms with E-state index in [0.29, 0.717) is 18.7 Å². The second-order valence-electron chi connectivity index (χ2n) is 11.3. The van der Waals surface area contributed by atoms with E-state index in [-0.39, 0.29) is 0 Å². The van der Waals surface area contributed by atoms with Crippen LogP contribution in [0.4, 0.5) is 0 Å². The third-order valence-electron chi connectivity index (χ3n) is 7.78. The van der Waals surface area contributed by atoms with Crippen molar-refractivity contribution in [2.45, 2.75) is 78.2 Å². The number of nitrogens with zero attached hydrogens (tertiary/aromatic N) is 1. The summed E-state index contributed by atoms with van der Waals surface area (Å²) >= 11 is 1.57. The van der Waals surface area contributed by atoms with Gasteiger partial charge < -0.3 is 19.1 Å². The zero-order valence-corrected chi connectivity index (χ0v) is 27.0. The molecule has 3 aromatic rings. The molecule has 0 spiro atoms. The van der Waals surface area contributed by atoms with Crippen LogP contribution >= 0.6 is 11.8 Å². The lowest BCUT2D eigenvalue weighted by atomic mass is 9.84. The number of hydrogen-bond donors (Lipinski definition) is 0. The predicted molar refractivity (Wildman–Crippen MR) is 178 cm³/mol. The Hall–Kier alpha value is -3.97. The highest BCUT2D eigenvalue weighted by molar-refractivity contribution is 8.05. The Morgan fingerprint density at radius 2 is 1.50 bits per heavy atom. The molecule has 0 aliphatic heterocycles. The number of carbonyl (C=O) groups is 2. The fraction of sp³-hybridized carbons (Fsp3) is 0.351. The van der Waals surface area contributed by atoms with Crippen LogP contribution in [0.15, 0.2) is 89.8 Å². The average Bonchev–Trinajstić information content (AvgIpc) is 3.03. The number of allylic oxidation sites excluding steroid dienone is 1. The minimum atomic E-state index is -0.937. The molecule has 1 fully saturated rings. The largest absolute Gasteiger partial charge is 0.489 e. The monoisotopic (exact) mass is 613 g/mol. The Kier molecular flexibility index (Phi) is 12.1. The van der Waals surface area contributed by atoms with E-state index in [1.165, 1.54) is 57.1 Å². The van der Waals surface area contributed by atoms with E-state index in [4.69, 9.17) is 14.2 Å². The van der Waals surface area contributed by atoms with Crippen LogP contribution in [0.3, 0.4) is 0 Å². The fourth-order valence-electron chi connectivity index (χ4n) is 5.20. The molecule has 1 aliphatic carbocycles. The first-order valence-electron chi connectivity index (χ1n) is 15.2. The van der Waals surface area contributed by atoms with Gasteiger partial charge in [-0.25, -0.2) is 4.79 Å². The molecule has 0 heterocycles. The summed E-state index contributed by atoms with van der Waals surface area (Å²) in [7, 11) is 1.98. The van der Waals surface area contributed by atoms with E-state index in [2.05, 4.69) is 60.2 Å². The molecule has 1 atom stereocenters. The minimum Gasteiger partial charge on any atom is -0.489 e. The molecule has 0 aromatic heterocycles. The summed E-state index contributed by atoms with van der Waals surface area (Å²) in [6.45, 7) is 10.3. The quantitative estimate of drug-likeness (QED) is 0.141. The smallest absolute Gasteiger partial charge is 0.341 e. The van der Waals surface area contributed by atoms with Gasteiger partial charge in [-0.3, -0.25) is 4.79 Å². The zero-order valence-electron chi connectivity index (χ0n) is 26.2. The summed E-state index contributed by atoms with van der Waals surface area (Å²) < 4.78 is 16.0. The third-order valence-corrected chi connectivity index (χ3v) is 8.84. The van der Waals surface area contributed by atoms with Gasteiger partial charge >= 0.3 is 11.9 Å². The fourth-order valence-corrected chi connectivity index (χ4v) is 5.90. The van der Waals surface area contributed by atoms with Crippen LogP contribution in [-0.4, -0.2) is 30.2 Å². The molecule has 0 saturated heterocycles. The van der Waals surface area contributed by atoms with Gasteiger partial charge in [-0.05, 0) is 83.2 Å².